The number of carbonyl (C=O) groups excluding carboxylic acids is 2. The number of imide groups is 1. The van der Waals surface area contributed by atoms with Gasteiger partial charge in [-0.25, -0.2) is 0 Å². The Labute approximate surface area is 187 Å². The van der Waals surface area contributed by atoms with E-state index in [4.69, 9.17) is 4.74 Å². The first-order valence-electron chi connectivity index (χ1n) is 9.72. The lowest BCUT2D eigenvalue weighted by Crippen LogP contribution is -2.41. The van der Waals surface area contributed by atoms with E-state index in [1.165, 1.54) is 4.90 Å². The summed E-state index contributed by atoms with van der Waals surface area (Å²) in [5.41, 5.74) is 2.67. The van der Waals surface area contributed by atoms with Gasteiger partial charge in [0.1, 0.15) is 0 Å². The van der Waals surface area contributed by atoms with Crippen molar-refractivity contribution in [3.63, 3.8) is 0 Å². The topological polar surface area (TPSA) is 79.7 Å². The van der Waals surface area contributed by atoms with Crippen LogP contribution in [-0.4, -0.2) is 33.4 Å². The van der Waals surface area contributed by atoms with Crippen molar-refractivity contribution < 1.29 is 19.4 Å². The SMILES string of the molecule is CCOc1cc(C=C2C(=O)N(Cc3ccccn3)C(=O)c3ccccc32)cc(Br)c1O. The Balaban J connectivity index is 1.82. The molecular weight excluding hydrogens is 460 g/mol. The van der Waals surface area contributed by atoms with Crippen LogP contribution in [0.2, 0.25) is 0 Å². The molecule has 0 aliphatic carbocycles. The Morgan fingerprint density at radius 1 is 1.06 bits per heavy atom. The normalized spacial score (nSPS) is 14.6. The summed E-state index contributed by atoms with van der Waals surface area (Å²) in [6, 6.07) is 15.8. The molecule has 156 valence electrons. The van der Waals surface area contributed by atoms with Gasteiger partial charge < -0.3 is 9.84 Å². The number of benzene rings is 2. The maximum Gasteiger partial charge on any atom is 0.261 e. The van der Waals surface area contributed by atoms with Crippen LogP contribution in [0.5, 0.6) is 11.5 Å². The van der Waals surface area contributed by atoms with Crippen molar-refractivity contribution in [2.75, 3.05) is 6.61 Å². The molecule has 31 heavy (non-hydrogen) atoms. The third-order valence-corrected chi connectivity index (χ3v) is 5.48. The van der Waals surface area contributed by atoms with Gasteiger partial charge in [0.05, 0.1) is 23.3 Å². The summed E-state index contributed by atoms with van der Waals surface area (Å²) in [5, 5.41) is 10.2. The van der Waals surface area contributed by atoms with Gasteiger partial charge in [0.25, 0.3) is 11.8 Å². The summed E-state index contributed by atoms with van der Waals surface area (Å²) >= 11 is 3.33. The average Bonchev–Trinajstić information content (AvgIpc) is 2.78. The summed E-state index contributed by atoms with van der Waals surface area (Å²) < 4.78 is 5.94. The van der Waals surface area contributed by atoms with Gasteiger partial charge in [0.15, 0.2) is 11.5 Å². The molecule has 2 heterocycles. The molecule has 0 saturated heterocycles. The van der Waals surface area contributed by atoms with Crippen LogP contribution in [0.3, 0.4) is 0 Å². The third-order valence-electron chi connectivity index (χ3n) is 4.88. The largest absolute Gasteiger partial charge is 0.503 e. The van der Waals surface area contributed by atoms with Crippen LogP contribution in [0.25, 0.3) is 11.6 Å². The van der Waals surface area contributed by atoms with Crippen molar-refractivity contribution in [3.8, 4) is 11.5 Å². The number of halogens is 1. The van der Waals surface area contributed by atoms with Gasteiger partial charge in [0.2, 0.25) is 0 Å². The van der Waals surface area contributed by atoms with E-state index in [0.717, 1.165) is 0 Å². The molecule has 0 spiro atoms. The van der Waals surface area contributed by atoms with Crippen LogP contribution >= 0.6 is 15.9 Å². The fraction of sp³-hybridized carbons (Fsp3) is 0.125. The number of aromatic hydroxyl groups is 1. The molecule has 2 aromatic carbocycles. The molecule has 1 aliphatic rings. The zero-order valence-corrected chi connectivity index (χ0v) is 18.3. The monoisotopic (exact) mass is 478 g/mol. The molecule has 1 aliphatic heterocycles. The van der Waals surface area contributed by atoms with E-state index < -0.39 is 5.91 Å². The second kappa shape index (κ2) is 8.73. The number of carbonyl (C=O) groups is 2. The number of hydrogen-bond donors (Lipinski definition) is 1. The van der Waals surface area contributed by atoms with Crippen LogP contribution in [0.4, 0.5) is 0 Å². The van der Waals surface area contributed by atoms with Gasteiger partial charge in [-0.3, -0.25) is 19.5 Å². The van der Waals surface area contributed by atoms with Gasteiger partial charge in [-0.05, 0) is 70.4 Å². The Bertz CT molecular complexity index is 1190. The minimum atomic E-state index is -0.406. The van der Waals surface area contributed by atoms with E-state index in [0.29, 0.717) is 44.8 Å². The minimum Gasteiger partial charge on any atom is -0.503 e. The van der Waals surface area contributed by atoms with Crippen LogP contribution in [0, 0.1) is 0 Å². The molecule has 6 nitrogen and oxygen atoms in total. The first-order chi connectivity index (χ1) is 15.0. The Kier molecular flexibility index (Phi) is 5.86. The maximum absolute atomic E-state index is 13.4. The highest BCUT2D eigenvalue weighted by atomic mass is 79.9. The lowest BCUT2D eigenvalue weighted by atomic mass is 9.92. The number of pyridine rings is 1. The minimum absolute atomic E-state index is 0.00803. The van der Waals surface area contributed by atoms with Gasteiger partial charge in [-0.15, -0.1) is 0 Å². The molecule has 0 atom stereocenters. The number of phenolic OH excluding ortho intramolecular Hbond substituents is 1. The second-order valence-corrected chi connectivity index (χ2v) is 7.76. The van der Waals surface area contributed by atoms with E-state index in [1.54, 1.807) is 60.8 Å². The van der Waals surface area contributed by atoms with Crippen molar-refractivity contribution in [1.29, 1.82) is 0 Å². The second-order valence-electron chi connectivity index (χ2n) is 6.90. The van der Waals surface area contributed by atoms with Crippen LogP contribution < -0.4 is 4.74 Å². The first kappa shape index (κ1) is 20.8. The molecule has 2 amide bonds. The predicted molar refractivity (Wildman–Crippen MR) is 120 cm³/mol. The van der Waals surface area contributed by atoms with Crippen molar-refractivity contribution in [2.24, 2.45) is 0 Å². The molecule has 3 aromatic rings. The Morgan fingerprint density at radius 3 is 2.52 bits per heavy atom. The number of rotatable bonds is 5. The van der Waals surface area contributed by atoms with Crippen molar-refractivity contribution in [1.82, 2.24) is 9.88 Å². The van der Waals surface area contributed by atoms with Crippen LogP contribution in [0.1, 0.15) is 34.1 Å². The molecule has 4 rings (SSSR count). The summed E-state index contributed by atoms with van der Waals surface area (Å²) in [6.07, 6.45) is 3.33. The van der Waals surface area contributed by atoms with Gasteiger partial charge in [-0.1, -0.05) is 24.3 Å². The summed E-state index contributed by atoms with van der Waals surface area (Å²) in [6.45, 7) is 2.28. The van der Waals surface area contributed by atoms with Gasteiger partial charge in [-0.2, -0.15) is 0 Å². The quantitative estimate of drug-likeness (QED) is 0.425. The molecule has 0 unspecified atom stereocenters. The van der Waals surface area contributed by atoms with E-state index in [-0.39, 0.29) is 18.2 Å². The molecule has 7 heteroatoms. The molecular formula is C24H19BrN2O4. The molecule has 0 radical (unpaired) electrons. The number of ether oxygens (including phenoxy) is 1. The van der Waals surface area contributed by atoms with E-state index in [9.17, 15) is 14.7 Å². The fourth-order valence-corrected chi connectivity index (χ4v) is 3.91. The zero-order valence-electron chi connectivity index (χ0n) is 16.7. The Hall–Kier alpha value is -3.45. The number of fused-ring (bicyclic) bond motifs is 1. The number of aromatic nitrogens is 1. The lowest BCUT2D eigenvalue weighted by Gasteiger charge is -2.28. The number of nitrogens with zero attached hydrogens (tertiary/aromatic N) is 2. The smallest absolute Gasteiger partial charge is 0.261 e. The predicted octanol–water partition coefficient (Wildman–Crippen LogP) is 4.67. The van der Waals surface area contributed by atoms with Crippen molar-refractivity contribution in [3.05, 3.63) is 87.7 Å². The van der Waals surface area contributed by atoms with Crippen molar-refractivity contribution in [2.45, 2.75) is 13.5 Å². The van der Waals surface area contributed by atoms with Crippen LogP contribution in [0.15, 0.2) is 65.3 Å². The summed E-state index contributed by atoms with van der Waals surface area (Å²) in [7, 11) is 0. The summed E-state index contributed by atoms with van der Waals surface area (Å²) in [5.74, 6) is -0.463. The zero-order chi connectivity index (χ0) is 22.0. The fourth-order valence-electron chi connectivity index (χ4n) is 3.45. The van der Waals surface area contributed by atoms with Gasteiger partial charge in [0, 0.05) is 17.3 Å². The Morgan fingerprint density at radius 2 is 1.81 bits per heavy atom. The van der Waals surface area contributed by atoms with E-state index in [2.05, 4.69) is 20.9 Å². The maximum atomic E-state index is 13.4. The first-order valence-corrected chi connectivity index (χ1v) is 10.5. The standard InChI is InChI=1S/C24H19BrN2O4/c1-2-31-21-13-15(12-20(25)22(21)28)11-19-17-8-3-4-9-18(17)23(29)27(24(19)30)14-16-7-5-6-10-26-16/h3-13,28H,2,14H2,1H3. The number of amides is 2. The van der Waals surface area contributed by atoms with Gasteiger partial charge >= 0.3 is 0 Å². The summed E-state index contributed by atoms with van der Waals surface area (Å²) in [4.78, 5) is 31.9. The average molecular weight is 479 g/mol. The van der Waals surface area contributed by atoms with Crippen molar-refractivity contribution >= 4 is 39.4 Å². The molecule has 1 aromatic heterocycles. The third kappa shape index (κ3) is 4.09. The molecule has 0 fully saturated rings. The molecule has 1 N–H and O–H groups in total. The highest BCUT2D eigenvalue weighted by Gasteiger charge is 2.34. The highest BCUT2D eigenvalue weighted by Crippen LogP contribution is 2.38. The van der Waals surface area contributed by atoms with E-state index in [1.807, 2.05) is 13.0 Å². The lowest BCUT2D eigenvalue weighted by molar-refractivity contribution is -0.123. The number of phenols is 1. The molecule has 0 bridgehead atoms. The number of hydrogen-bond acceptors (Lipinski definition) is 5. The molecule has 0 saturated carbocycles. The van der Waals surface area contributed by atoms with E-state index >= 15 is 0 Å². The van der Waals surface area contributed by atoms with Crippen LogP contribution in [-0.2, 0) is 11.3 Å². The highest BCUT2D eigenvalue weighted by molar-refractivity contribution is 9.10.